The molecule has 5 nitrogen and oxygen atoms in total. The van der Waals surface area contributed by atoms with Crippen LogP contribution in [-0.2, 0) is 9.59 Å². The van der Waals surface area contributed by atoms with E-state index in [0.717, 1.165) is 0 Å². The van der Waals surface area contributed by atoms with Crippen molar-refractivity contribution in [2.45, 2.75) is 13.3 Å². The van der Waals surface area contributed by atoms with E-state index in [9.17, 15) is 9.59 Å². The van der Waals surface area contributed by atoms with Crippen LogP contribution in [0.5, 0.6) is 5.75 Å². The molecular formula is C13H14O5. The van der Waals surface area contributed by atoms with E-state index in [1.165, 1.54) is 6.08 Å². The van der Waals surface area contributed by atoms with Crippen LogP contribution in [0, 0.1) is 0 Å². The van der Waals surface area contributed by atoms with E-state index in [1.54, 1.807) is 24.3 Å². The van der Waals surface area contributed by atoms with Crippen LogP contribution in [0.2, 0.25) is 0 Å². The summed E-state index contributed by atoms with van der Waals surface area (Å²) in [7, 11) is 0. The van der Waals surface area contributed by atoms with Crippen LogP contribution in [-0.4, -0.2) is 28.8 Å². The molecule has 0 spiro atoms. The van der Waals surface area contributed by atoms with E-state index in [2.05, 4.69) is 0 Å². The Bertz CT molecular complexity index is 459. The van der Waals surface area contributed by atoms with Gasteiger partial charge in [-0.1, -0.05) is 12.1 Å². The molecule has 0 amide bonds. The third-order valence-electron chi connectivity index (χ3n) is 2.15. The van der Waals surface area contributed by atoms with Crippen molar-refractivity contribution in [1.82, 2.24) is 0 Å². The van der Waals surface area contributed by atoms with E-state index in [4.69, 9.17) is 14.9 Å². The van der Waals surface area contributed by atoms with Gasteiger partial charge in [0.05, 0.1) is 13.0 Å². The Morgan fingerprint density at radius 3 is 2.28 bits per heavy atom. The average molecular weight is 250 g/mol. The molecule has 0 saturated heterocycles. The largest absolute Gasteiger partial charge is 0.494 e. The molecule has 5 heteroatoms. The second kappa shape index (κ2) is 6.44. The maximum atomic E-state index is 10.9. The number of hydrogen-bond donors (Lipinski definition) is 2. The highest BCUT2D eigenvalue weighted by atomic mass is 16.5. The van der Waals surface area contributed by atoms with Gasteiger partial charge in [-0.05, 0) is 30.7 Å². The topological polar surface area (TPSA) is 83.8 Å². The lowest BCUT2D eigenvalue weighted by molar-refractivity contribution is -0.139. The highest BCUT2D eigenvalue weighted by Crippen LogP contribution is 2.15. The number of carbonyl (C=O) groups is 2. The van der Waals surface area contributed by atoms with Crippen molar-refractivity contribution in [3.05, 3.63) is 35.4 Å². The van der Waals surface area contributed by atoms with Crippen LogP contribution in [0.1, 0.15) is 18.9 Å². The average Bonchev–Trinajstić information content (AvgIpc) is 2.30. The molecule has 0 aliphatic heterocycles. The van der Waals surface area contributed by atoms with Crippen LogP contribution in [0.15, 0.2) is 29.8 Å². The molecule has 0 unspecified atom stereocenters. The predicted molar refractivity (Wildman–Crippen MR) is 65.5 cm³/mol. The van der Waals surface area contributed by atoms with Gasteiger partial charge in [-0.25, -0.2) is 4.79 Å². The Labute approximate surface area is 104 Å². The van der Waals surface area contributed by atoms with Gasteiger partial charge in [0, 0.05) is 5.57 Å². The van der Waals surface area contributed by atoms with Crippen molar-refractivity contribution in [2.75, 3.05) is 6.61 Å². The van der Waals surface area contributed by atoms with Crippen molar-refractivity contribution < 1.29 is 24.5 Å². The minimum Gasteiger partial charge on any atom is -0.494 e. The van der Waals surface area contributed by atoms with Crippen LogP contribution in [0.3, 0.4) is 0 Å². The molecule has 0 aliphatic rings. The maximum Gasteiger partial charge on any atom is 0.332 e. The van der Waals surface area contributed by atoms with Crippen LogP contribution < -0.4 is 4.74 Å². The molecule has 0 aromatic heterocycles. The first-order chi connectivity index (χ1) is 8.52. The van der Waals surface area contributed by atoms with Gasteiger partial charge in [0.15, 0.2) is 0 Å². The molecule has 0 saturated carbocycles. The Morgan fingerprint density at radius 1 is 1.22 bits per heavy atom. The molecule has 0 bridgehead atoms. The number of carboxylic acids is 2. The fourth-order valence-electron chi connectivity index (χ4n) is 1.38. The lowest BCUT2D eigenvalue weighted by Gasteiger charge is -2.03. The van der Waals surface area contributed by atoms with Gasteiger partial charge in [0.25, 0.3) is 0 Å². The third kappa shape index (κ3) is 4.29. The van der Waals surface area contributed by atoms with E-state index in [-0.39, 0.29) is 5.57 Å². The van der Waals surface area contributed by atoms with Gasteiger partial charge in [0.2, 0.25) is 0 Å². The molecule has 18 heavy (non-hydrogen) atoms. The second-order valence-electron chi connectivity index (χ2n) is 3.55. The molecule has 96 valence electrons. The van der Waals surface area contributed by atoms with E-state index >= 15 is 0 Å². The van der Waals surface area contributed by atoms with Gasteiger partial charge >= 0.3 is 11.9 Å². The summed E-state index contributed by atoms with van der Waals surface area (Å²) in [4.78, 5) is 21.4. The van der Waals surface area contributed by atoms with E-state index in [0.29, 0.717) is 17.9 Å². The Hall–Kier alpha value is -2.30. The summed E-state index contributed by atoms with van der Waals surface area (Å²) in [5, 5.41) is 17.5. The van der Waals surface area contributed by atoms with E-state index in [1.807, 2.05) is 6.92 Å². The Kier molecular flexibility index (Phi) is 4.92. The number of benzene rings is 1. The summed E-state index contributed by atoms with van der Waals surface area (Å²) in [6.07, 6.45) is 0.828. The second-order valence-corrected chi connectivity index (χ2v) is 3.55. The summed E-state index contributed by atoms with van der Waals surface area (Å²) < 4.78 is 5.25. The molecule has 0 heterocycles. The van der Waals surface area contributed by atoms with Gasteiger partial charge < -0.3 is 14.9 Å². The van der Waals surface area contributed by atoms with Crippen molar-refractivity contribution in [1.29, 1.82) is 0 Å². The maximum absolute atomic E-state index is 10.9. The summed E-state index contributed by atoms with van der Waals surface area (Å²) in [6, 6.07) is 6.76. The van der Waals surface area contributed by atoms with Crippen LogP contribution in [0.25, 0.3) is 6.08 Å². The van der Waals surface area contributed by atoms with Crippen LogP contribution in [0.4, 0.5) is 0 Å². The van der Waals surface area contributed by atoms with Crippen LogP contribution >= 0.6 is 0 Å². The standard InChI is InChI=1S/C13H14O5/c1-2-18-11-5-3-9(4-6-11)7-10(13(16)17)8-12(14)15/h3-7H,2,8H2,1H3,(H,14,15)(H,16,17)/b10-7+. The highest BCUT2D eigenvalue weighted by molar-refractivity contribution is 5.96. The smallest absolute Gasteiger partial charge is 0.332 e. The normalized spacial score (nSPS) is 11.1. The number of hydrogen-bond acceptors (Lipinski definition) is 3. The molecular weight excluding hydrogens is 236 g/mol. The highest BCUT2D eigenvalue weighted by Gasteiger charge is 2.11. The molecule has 2 N–H and O–H groups in total. The summed E-state index contributed by atoms with van der Waals surface area (Å²) in [5.74, 6) is -1.72. The molecule has 0 atom stereocenters. The molecule has 1 rings (SSSR count). The molecule has 0 fully saturated rings. The zero-order valence-corrected chi connectivity index (χ0v) is 9.92. The van der Waals surface area contributed by atoms with Gasteiger partial charge in [-0.2, -0.15) is 0 Å². The molecule has 1 aromatic rings. The quantitative estimate of drug-likeness (QED) is 0.755. The zero-order chi connectivity index (χ0) is 13.5. The number of carboxylic acid groups (broad SMARTS) is 2. The predicted octanol–water partition coefficient (Wildman–Crippen LogP) is 2.03. The monoisotopic (exact) mass is 250 g/mol. The summed E-state index contributed by atoms with van der Waals surface area (Å²) >= 11 is 0. The van der Waals surface area contributed by atoms with Crippen molar-refractivity contribution >= 4 is 18.0 Å². The van der Waals surface area contributed by atoms with Crippen molar-refractivity contribution in [3.8, 4) is 5.75 Å². The first kappa shape index (κ1) is 13.8. The van der Waals surface area contributed by atoms with Gasteiger partial charge in [-0.3, -0.25) is 4.79 Å². The summed E-state index contributed by atoms with van der Waals surface area (Å²) in [5.41, 5.74) is 0.462. The number of rotatable bonds is 6. The molecule has 0 aliphatic carbocycles. The summed E-state index contributed by atoms with van der Waals surface area (Å²) in [6.45, 7) is 2.41. The van der Waals surface area contributed by atoms with Gasteiger partial charge in [-0.15, -0.1) is 0 Å². The first-order valence-corrected chi connectivity index (χ1v) is 5.41. The fourth-order valence-corrected chi connectivity index (χ4v) is 1.38. The number of aliphatic carboxylic acids is 2. The fraction of sp³-hybridized carbons (Fsp3) is 0.231. The Morgan fingerprint density at radius 2 is 1.83 bits per heavy atom. The molecule has 1 aromatic carbocycles. The van der Waals surface area contributed by atoms with Crippen molar-refractivity contribution in [3.63, 3.8) is 0 Å². The lowest BCUT2D eigenvalue weighted by Crippen LogP contribution is -2.06. The third-order valence-corrected chi connectivity index (χ3v) is 2.15. The van der Waals surface area contributed by atoms with E-state index < -0.39 is 18.4 Å². The lowest BCUT2D eigenvalue weighted by atomic mass is 10.1. The minimum atomic E-state index is -1.23. The van der Waals surface area contributed by atoms with Crippen molar-refractivity contribution in [2.24, 2.45) is 0 Å². The zero-order valence-electron chi connectivity index (χ0n) is 9.92. The first-order valence-electron chi connectivity index (χ1n) is 5.41. The van der Waals surface area contributed by atoms with Gasteiger partial charge in [0.1, 0.15) is 5.75 Å². The molecule has 0 radical (unpaired) electrons. The minimum absolute atomic E-state index is 0.161. The Balaban J connectivity index is 2.90. The SMILES string of the molecule is CCOc1ccc(/C=C(\CC(=O)O)C(=O)O)cc1. The number of ether oxygens (including phenoxy) is 1.